The lowest BCUT2D eigenvalue weighted by molar-refractivity contribution is 0.0765. The number of hydrogen-bond acceptors (Lipinski definition) is 7. The fraction of sp³-hybridized carbons (Fsp3) is 0.529. The summed E-state index contributed by atoms with van der Waals surface area (Å²) in [5.41, 5.74) is 1.82. The molecule has 0 radical (unpaired) electrons. The SMILES string of the molecule is O=C(N[C@@H]1CCN(c2cnccn2)C[C@H]1O)c1onc2c1CCCC2. The van der Waals surface area contributed by atoms with E-state index in [4.69, 9.17) is 4.52 Å². The first kappa shape index (κ1) is 16.0. The zero-order valence-corrected chi connectivity index (χ0v) is 13.9. The van der Waals surface area contributed by atoms with Crippen LogP contribution < -0.4 is 10.2 Å². The molecule has 25 heavy (non-hydrogen) atoms. The maximum atomic E-state index is 12.6. The number of fused-ring (bicyclic) bond motifs is 1. The highest BCUT2D eigenvalue weighted by molar-refractivity contribution is 5.93. The van der Waals surface area contributed by atoms with Gasteiger partial charge in [-0.2, -0.15) is 0 Å². The molecular formula is C17H21N5O3. The van der Waals surface area contributed by atoms with Crippen LogP contribution in [0, 0.1) is 0 Å². The molecule has 1 fully saturated rings. The Hall–Kier alpha value is -2.48. The summed E-state index contributed by atoms with van der Waals surface area (Å²) >= 11 is 0. The summed E-state index contributed by atoms with van der Waals surface area (Å²) in [5.74, 6) is 0.751. The molecule has 2 N–H and O–H groups in total. The number of piperidine rings is 1. The van der Waals surface area contributed by atoms with Gasteiger partial charge in [0.05, 0.1) is 24.0 Å². The predicted molar refractivity (Wildman–Crippen MR) is 89.3 cm³/mol. The van der Waals surface area contributed by atoms with E-state index in [1.807, 2.05) is 4.90 Å². The van der Waals surface area contributed by atoms with Gasteiger partial charge in [-0.05, 0) is 32.1 Å². The van der Waals surface area contributed by atoms with Crippen LogP contribution in [0.15, 0.2) is 23.1 Å². The summed E-state index contributed by atoms with van der Waals surface area (Å²) in [5, 5.41) is 17.4. The van der Waals surface area contributed by atoms with Crippen LogP contribution in [0.4, 0.5) is 5.82 Å². The molecule has 1 aliphatic heterocycles. The van der Waals surface area contributed by atoms with E-state index in [0.717, 1.165) is 42.8 Å². The van der Waals surface area contributed by atoms with Gasteiger partial charge in [-0.1, -0.05) is 5.16 Å². The molecule has 2 aromatic rings. The van der Waals surface area contributed by atoms with Crippen LogP contribution in [-0.4, -0.2) is 51.4 Å². The number of hydrogen-bond donors (Lipinski definition) is 2. The van der Waals surface area contributed by atoms with Crippen molar-refractivity contribution < 1.29 is 14.4 Å². The monoisotopic (exact) mass is 343 g/mol. The summed E-state index contributed by atoms with van der Waals surface area (Å²) in [6, 6.07) is -0.315. The topological polar surface area (TPSA) is 104 Å². The standard InChI is InChI=1S/C17H21N5O3/c23-14-10-22(15-9-18-6-7-19-15)8-5-13(14)20-17(24)16-11-3-1-2-4-12(11)21-25-16/h6-7,9,13-14,23H,1-5,8,10H2,(H,20,24)/t13-,14-/m1/s1. The van der Waals surface area contributed by atoms with E-state index >= 15 is 0 Å². The van der Waals surface area contributed by atoms with E-state index in [1.165, 1.54) is 0 Å². The van der Waals surface area contributed by atoms with Gasteiger partial charge in [-0.25, -0.2) is 4.98 Å². The lowest BCUT2D eigenvalue weighted by atomic mass is 9.95. The number of aliphatic hydroxyl groups excluding tert-OH is 1. The summed E-state index contributed by atoms with van der Waals surface area (Å²) in [6.45, 7) is 1.09. The van der Waals surface area contributed by atoms with Crippen molar-refractivity contribution in [1.82, 2.24) is 20.4 Å². The molecule has 1 saturated heterocycles. The smallest absolute Gasteiger partial charge is 0.290 e. The third kappa shape index (κ3) is 3.21. The number of aliphatic hydroxyl groups is 1. The number of carbonyl (C=O) groups excluding carboxylic acids is 1. The first-order valence-electron chi connectivity index (χ1n) is 8.69. The van der Waals surface area contributed by atoms with Crippen LogP contribution in [0.2, 0.25) is 0 Å². The normalized spacial score (nSPS) is 23.2. The van der Waals surface area contributed by atoms with Gasteiger partial charge >= 0.3 is 0 Å². The Labute approximate surface area is 145 Å². The molecule has 0 aromatic carbocycles. The number of anilines is 1. The Morgan fingerprint density at radius 1 is 1.32 bits per heavy atom. The van der Waals surface area contributed by atoms with Gasteiger partial charge in [0.1, 0.15) is 5.82 Å². The second-order valence-corrected chi connectivity index (χ2v) is 6.59. The molecular weight excluding hydrogens is 322 g/mol. The minimum Gasteiger partial charge on any atom is -0.389 e. The molecule has 8 nitrogen and oxygen atoms in total. The highest BCUT2D eigenvalue weighted by atomic mass is 16.5. The van der Waals surface area contributed by atoms with Gasteiger partial charge in [0.15, 0.2) is 0 Å². The number of amides is 1. The molecule has 2 aromatic heterocycles. The van der Waals surface area contributed by atoms with Crippen molar-refractivity contribution in [2.45, 2.75) is 44.2 Å². The van der Waals surface area contributed by atoms with Gasteiger partial charge in [0, 0.05) is 31.0 Å². The number of aromatic nitrogens is 3. The Kier molecular flexibility index (Phi) is 4.35. The van der Waals surface area contributed by atoms with Crippen LogP contribution in [0.5, 0.6) is 0 Å². The Bertz CT molecular complexity index is 748. The second-order valence-electron chi connectivity index (χ2n) is 6.59. The largest absolute Gasteiger partial charge is 0.389 e. The van der Waals surface area contributed by atoms with Crippen LogP contribution in [0.25, 0.3) is 0 Å². The third-order valence-electron chi connectivity index (χ3n) is 4.94. The van der Waals surface area contributed by atoms with Crippen LogP contribution >= 0.6 is 0 Å². The van der Waals surface area contributed by atoms with Crippen LogP contribution in [0.3, 0.4) is 0 Å². The van der Waals surface area contributed by atoms with Gasteiger partial charge < -0.3 is 19.8 Å². The maximum Gasteiger partial charge on any atom is 0.290 e. The summed E-state index contributed by atoms with van der Waals surface area (Å²) < 4.78 is 5.27. The average Bonchev–Trinajstić information content (AvgIpc) is 3.08. The van der Waals surface area contributed by atoms with Gasteiger partial charge in [-0.15, -0.1) is 0 Å². The lowest BCUT2D eigenvalue weighted by Crippen LogP contribution is -2.54. The Morgan fingerprint density at radius 3 is 3.00 bits per heavy atom. The van der Waals surface area contributed by atoms with Crippen molar-refractivity contribution in [2.75, 3.05) is 18.0 Å². The van der Waals surface area contributed by atoms with E-state index in [-0.39, 0.29) is 11.9 Å². The van der Waals surface area contributed by atoms with E-state index < -0.39 is 6.10 Å². The Morgan fingerprint density at radius 2 is 2.20 bits per heavy atom. The predicted octanol–water partition coefficient (Wildman–Crippen LogP) is 0.713. The number of aryl methyl sites for hydroxylation is 1. The molecule has 8 heteroatoms. The highest BCUT2D eigenvalue weighted by Crippen LogP contribution is 2.24. The molecule has 1 aliphatic carbocycles. The van der Waals surface area contributed by atoms with Crippen molar-refractivity contribution >= 4 is 11.7 Å². The highest BCUT2D eigenvalue weighted by Gasteiger charge is 2.32. The number of nitrogens with zero attached hydrogens (tertiary/aromatic N) is 4. The zero-order chi connectivity index (χ0) is 17.2. The minimum atomic E-state index is -0.682. The van der Waals surface area contributed by atoms with E-state index in [9.17, 15) is 9.90 Å². The molecule has 2 atom stereocenters. The van der Waals surface area contributed by atoms with Gasteiger partial charge in [0.25, 0.3) is 5.91 Å². The van der Waals surface area contributed by atoms with Crippen LogP contribution in [0.1, 0.15) is 41.1 Å². The maximum absolute atomic E-state index is 12.6. The minimum absolute atomic E-state index is 0.285. The van der Waals surface area contributed by atoms with Crippen molar-refractivity contribution in [1.29, 1.82) is 0 Å². The molecule has 1 amide bonds. The van der Waals surface area contributed by atoms with Crippen molar-refractivity contribution in [3.63, 3.8) is 0 Å². The quantitative estimate of drug-likeness (QED) is 0.846. The number of rotatable bonds is 3. The van der Waals surface area contributed by atoms with Crippen molar-refractivity contribution in [3.05, 3.63) is 35.6 Å². The summed E-state index contributed by atoms with van der Waals surface area (Å²) in [6.07, 6.45) is 8.69. The first-order valence-corrected chi connectivity index (χ1v) is 8.69. The Balaban J connectivity index is 1.40. The van der Waals surface area contributed by atoms with Gasteiger partial charge in [0.2, 0.25) is 5.76 Å². The van der Waals surface area contributed by atoms with Gasteiger partial charge in [-0.3, -0.25) is 9.78 Å². The lowest BCUT2D eigenvalue weighted by Gasteiger charge is -2.36. The molecule has 0 spiro atoms. The van der Waals surface area contributed by atoms with E-state index in [1.54, 1.807) is 18.6 Å². The van der Waals surface area contributed by atoms with E-state index in [0.29, 0.717) is 25.3 Å². The molecule has 0 saturated carbocycles. The molecule has 4 rings (SSSR count). The van der Waals surface area contributed by atoms with Crippen molar-refractivity contribution in [3.8, 4) is 0 Å². The second kappa shape index (κ2) is 6.79. The molecule has 0 unspecified atom stereocenters. The average molecular weight is 343 g/mol. The number of nitrogens with one attached hydrogen (secondary N) is 1. The number of carbonyl (C=O) groups is 1. The molecule has 0 bridgehead atoms. The number of β-amino-alcohol motifs (C(OH)–C–C–N with tert-alkyl or cyclic N) is 1. The fourth-order valence-corrected chi connectivity index (χ4v) is 3.57. The molecule has 3 heterocycles. The fourth-order valence-electron chi connectivity index (χ4n) is 3.57. The summed E-state index contributed by atoms with van der Waals surface area (Å²) in [7, 11) is 0. The molecule has 132 valence electrons. The third-order valence-corrected chi connectivity index (χ3v) is 4.94. The van der Waals surface area contributed by atoms with Crippen molar-refractivity contribution in [2.24, 2.45) is 0 Å². The van der Waals surface area contributed by atoms with Crippen LogP contribution in [-0.2, 0) is 12.8 Å². The summed E-state index contributed by atoms with van der Waals surface area (Å²) in [4.78, 5) is 22.8. The first-order chi connectivity index (χ1) is 12.2. The van der Waals surface area contributed by atoms with E-state index in [2.05, 4.69) is 20.4 Å². The zero-order valence-electron chi connectivity index (χ0n) is 13.9. The molecule has 2 aliphatic rings.